The van der Waals surface area contributed by atoms with Crippen LogP contribution in [0, 0.1) is 0 Å². The molecule has 0 atom stereocenters. The first-order chi connectivity index (χ1) is 10.0. The highest BCUT2D eigenvalue weighted by molar-refractivity contribution is 7.14. The van der Waals surface area contributed by atoms with Gasteiger partial charge in [0, 0.05) is 32.1 Å². The van der Waals surface area contributed by atoms with E-state index >= 15 is 0 Å². The van der Waals surface area contributed by atoms with Crippen LogP contribution in [0.5, 0.6) is 0 Å². The molecule has 0 saturated heterocycles. The van der Waals surface area contributed by atoms with Crippen LogP contribution in [0.4, 0.5) is 5.13 Å². The van der Waals surface area contributed by atoms with Crippen LogP contribution in [0.3, 0.4) is 0 Å². The van der Waals surface area contributed by atoms with Crippen LogP contribution in [0.1, 0.15) is 29.9 Å². The van der Waals surface area contributed by atoms with Crippen molar-refractivity contribution >= 4 is 34.2 Å². The number of hydrogen-bond acceptors (Lipinski definition) is 5. The van der Waals surface area contributed by atoms with Crippen molar-refractivity contribution in [3.63, 3.8) is 0 Å². The Bertz CT molecular complexity index is 687. The predicted octanol–water partition coefficient (Wildman–Crippen LogP) is 2.15. The zero-order chi connectivity index (χ0) is 15.4. The second kappa shape index (κ2) is 6.45. The maximum absolute atomic E-state index is 11.9. The molecule has 0 aromatic carbocycles. The molecule has 0 saturated carbocycles. The van der Waals surface area contributed by atoms with Gasteiger partial charge in [-0.2, -0.15) is 5.10 Å². The average molecular weight is 304 g/mol. The first-order valence-corrected chi connectivity index (χ1v) is 7.34. The summed E-state index contributed by atoms with van der Waals surface area (Å²) in [6.07, 6.45) is 6.28. The molecule has 2 aromatic heterocycles. The monoisotopic (exact) mass is 304 g/mol. The molecule has 7 heteroatoms. The smallest absolute Gasteiger partial charge is 0.225 e. The van der Waals surface area contributed by atoms with E-state index in [2.05, 4.69) is 10.1 Å². The largest absolute Gasteiger partial charge is 0.289 e. The van der Waals surface area contributed by atoms with Crippen molar-refractivity contribution in [1.82, 2.24) is 14.8 Å². The predicted molar refractivity (Wildman–Crippen MR) is 82.4 cm³/mol. The second-order valence-corrected chi connectivity index (χ2v) is 5.26. The summed E-state index contributed by atoms with van der Waals surface area (Å²) in [7, 11) is 1.76. The van der Waals surface area contributed by atoms with E-state index in [0.717, 1.165) is 0 Å². The number of aryl methyl sites for hydroxylation is 1. The fourth-order valence-electron chi connectivity index (χ4n) is 1.78. The Hall–Kier alpha value is -2.28. The molecule has 0 aliphatic carbocycles. The Balaban J connectivity index is 2.10. The number of carbonyl (C=O) groups excluding carboxylic acids is 2. The van der Waals surface area contributed by atoms with E-state index in [1.165, 1.54) is 30.5 Å². The lowest BCUT2D eigenvalue weighted by Gasteiger charge is -2.14. The van der Waals surface area contributed by atoms with Crippen molar-refractivity contribution < 1.29 is 9.59 Å². The molecule has 0 radical (unpaired) electrons. The molecular formula is C14H16N4O2S. The standard InChI is InChI=1S/C14H16N4O2S/c1-4-18(10(2)19)14-16-12(9-21-14)5-6-13(20)11-7-15-17(3)8-11/h5-9H,4H2,1-3H3/b6-5+. The molecule has 0 fully saturated rings. The van der Waals surface area contributed by atoms with Gasteiger partial charge in [-0.3, -0.25) is 19.2 Å². The highest BCUT2D eigenvalue weighted by Gasteiger charge is 2.12. The minimum atomic E-state index is -0.128. The van der Waals surface area contributed by atoms with Crippen molar-refractivity contribution in [1.29, 1.82) is 0 Å². The van der Waals surface area contributed by atoms with Gasteiger partial charge in [-0.15, -0.1) is 11.3 Å². The molecule has 0 spiro atoms. The summed E-state index contributed by atoms with van der Waals surface area (Å²) in [6.45, 7) is 3.97. The fourth-order valence-corrected chi connectivity index (χ4v) is 2.68. The topological polar surface area (TPSA) is 68.1 Å². The van der Waals surface area contributed by atoms with Crippen LogP contribution in [0.2, 0.25) is 0 Å². The molecule has 6 nitrogen and oxygen atoms in total. The average Bonchev–Trinajstić information content (AvgIpc) is 3.06. The Morgan fingerprint density at radius 3 is 2.81 bits per heavy atom. The van der Waals surface area contributed by atoms with Gasteiger partial charge in [0.05, 0.1) is 17.5 Å². The quantitative estimate of drug-likeness (QED) is 0.627. The van der Waals surface area contributed by atoms with E-state index in [4.69, 9.17) is 0 Å². The van der Waals surface area contributed by atoms with Gasteiger partial charge < -0.3 is 0 Å². The van der Waals surface area contributed by atoms with Gasteiger partial charge >= 0.3 is 0 Å². The molecule has 0 bridgehead atoms. The molecule has 110 valence electrons. The number of amides is 1. The lowest BCUT2D eigenvalue weighted by Crippen LogP contribution is -2.27. The van der Waals surface area contributed by atoms with Gasteiger partial charge in [0.25, 0.3) is 0 Å². The van der Waals surface area contributed by atoms with Crippen LogP contribution in [0.25, 0.3) is 6.08 Å². The van der Waals surface area contributed by atoms with Gasteiger partial charge in [0.1, 0.15) is 0 Å². The Morgan fingerprint density at radius 2 is 2.24 bits per heavy atom. The number of ketones is 1. The first kappa shape index (κ1) is 15.1. The molecule has 0 unspecified atom stereocenters. The lowest BCUT2D eigenvalue weighted by molar-refractivity contribution is -0.116. The number of aromatic nitrogens is 3. The molecule has 0 aliphatic rings. The first-order valence-electron chi connectivity index (χ1n) is 6.46. The fraction of sp³-hybridized carbons (Fsp3) is 0.286. The minimum Gasteiger partial charge on any atom is -0.289 e. The Labute approximate surface area is 126 Å². The van der Waals surface area contributed by atoms with E-state index in [0.29, 0.717) is 22.9 Å². The number of allylic oxidation sites excluding steroid dienone is 1. The van der Waals surface area contributed by atoms with E-state index in [1.54, 1.807) is 28.9 Å². The van der Waals surface area contributed by atoms with Crippen molar-refractivity contribution in [3.05, 3.63) is 35.1 Å². The molecule has 2 rings (SSSR count). The number of rotatable bonds is 5. The summed E-state index contributed by atoms with van der Waals surface area (Å²) in [4.78, 5) is 29.3. The van der Waals surface area contributed by atoms with Gasteiger partial charge in [-0.25, -0.2) is 4.98 Å². The summed E-state index contributed by atoms with van der Waals surface area (Å²) in [5.41, 5.74) is 1.19. The normalized spacial score (nSPS) is 11.0. The van der Waals surface area contributed by atoms with Crippen LogP contribution < -0.4 is 4.90 Å². The van der Waals surface area contributed by atoms with E-state index in [9.17, 15) is 9.59 Å². The van der Waals surface area contributed by atoms with Crippen molar-refractivity contribution in [2.75, 3.05) is 11.4 Å². The Morgan fingerprint density at radius 1 is 1.48 bits per heavy atom. The third-order valence-corrected chi connectivity index (χ3v) is 3.71. The summed E-state index contributed by atoms with van der Waals surface area (Å²) in [5, 5.41) is 6.41. The highest BCUT2D eigenvalue weighted by Crippen LogP contribution is 2.21. The third kappa shape index (κ3) is 3.63. The summed E-state index contributed by atoms with van der Waals surface area (Å²) < 4.78 is 1.58. The molecule has 0 N–H and O–H groups in total. The third-order valence-electron chi connectivity index (χ3n) is 2.83. The Kier molecular flexibility index (Phi) is 4.64. The number of anilines is 1. The molecule has 1 amide bonds. The molecule has 2 aromatic rings. The van der Waals surface area contributed by atoms with Gasteiger partial charge in [-0.1, -0.05) is 0 Å². The van der Waals surface area contributed by atoms with Crippen LogP contribution in [-0.2, 0) is 11.8 Å². The molecule has 21 heavy (non-hydrogen) atoms. The van der Waals surface area contributed by atoms with Crippen molar-refractivity contribution in [2.45, 2.75) is 13.8 Å². The maximum Gasteiger partial charge on any atom is 0.225 e. The van der Waals surface area contributed by atoms with Crippen LogP contribution >= 0.6 is 11.3 Å². The lowest BCUT2D eigenvalue weighted by atomic mass is 10.2. The second-order valence-electron chi connectivity index (χ2n) is 4.42. The summed E-state index contributed by atoms with van der Waals surface area (Å²) in [5.74, 6) is -0.176. The van der Waals surface area contributed by atoms with Crippen LogP contribution in [0.15, 0.2) is 23.8 Å². The molecule has 2 heterocycles. The highest BCUT2D eigenvalue weighted by atomic mass is 32.1. The number of nitrogens with zero attached hydrogens (tertiary/aromatic N) is 4. The molecule has 0 aliphatic heterocycles. The van der Waals surface area contributed by atoms with Gasteiger partial charge in [0.15, 0.2) is 10.9 Å². The zero-order valence-corrected chi connectivity index (χ0v) is 12.9. The van der Waals surface area contributed by atoms with Gasteiger partial charge in [0.2, 0.25) is 5.91 Å². The maximum atomic E-state index is 11.9. The SMILES string of the molecule is CCN(C(C)=O)c1nc(/C=C/C(=O)c2cnn(C)c2)cs1. The van der Waals surface area contributed by atoms with Crippen molar-refractivity contribution in [2.24, 2.45) is 7.05 Å². The zero-order valence-electron chi connectivity index (χ0n) is 12.1. The molecular weight excluding hydrogens is 288 g/mol. The van der Waals surface area contributed by atoms with Crippen LogP contribution in [-0.4, -0.2) is 33.0 Å². The minimum absolute atomic E-state index is 0.0474. The summed E-state index contributed by atoms with van der Waals surface area (Å²) >= 11 is 1.38. The van der Waals surface area contributed by atoms with E-state index < -0.39 is 0 Å². The summed E-state index contributed by atoms with van der Waals surface area (Å²) in [6, 6.07) is 0. The number of carbonyl (C=O) groups is 2. The van der Waals surface area contributed by atoms with E-state index in [1.807, 2.05) is 12.3 Å². The van der Waals surface area contributed by atoms with Gasteiger partial charge in [-0.05, 0) is 19.1 Å². The van der Waals surface area contributed by atoms with E-state index in [-0.39, 0.29) is 11.7 Å². The van der Waals surface area contributed by atoms with Crippen molar-refractivity contribution in [3.8, 4) is 0 Å². The number of thiazole rings is 1. The number of hydrogen-bond donors (Lipinski definition) is 0.